The Labute approximate surface area is 181 Å². The Hall–Kier alpha value is -2.97. The Bertz CT molecular complexity index is 1190. The lowest BCUT2D eigenvalue weighted by atomic mass is 10.1. The second-order valence-electron chi connectivity index (χ2n) is 6.43. The SMILES string of the molecule is COc1ccc(C(=O)CNc2nnc(SCc3cccc4ccccc34)s2)cc1F. The fourth-order valence-corrected chi connectivity index (χ4v) is 4.75. The first-order valence-corrected chi connectivity index (χ1v) is 11.0. The molecule has 5 nitrogen and oxygen atoms in total. The lowest BCUT2D eigenvalue weighted by Gasteiger charge is -2.05. The van der Waals surface area contributed by atoms with Crippen LogP contribution < -0.4 is 10.1 Å². The normalized spacial score (nSPS) is 10.9. The van der Waals surface area contributed by atoms with E-state index >= 15 is 0 Å². The first-order chi connectivity index (χ1) is 14.6. The first kappa shape index (κ1) is 20.3. The summed E-state index contributed by atoms with van der Waals surface area (Å²) in [6, 6.07) is 18.7. The van der Waals surface area contributed by atoms with Gasteiger partial charge in [0.15, 0.2) is 21.7 Å². The zero-order valence-electron chi connectivity index (χ0n) is 16.1. The lowest BCUT2D eigenvalue weighted by molar-refractivity contribution is 0.101. The van der Waals surface area contributed by atoms with Crippen molar-refractivity contribution in [2.75, 3.05) is 19.0 Å². The van der Waals surface area contributed by atoms with Crippen LogP contribution in [0.5, 0.6) is 5.75 Å². The molecule has 1 aromatic heterocycles. The Morgan fingerprint density at radius 3 is 2.80 bits per heavy atom. The van der Waals surface area contributed by atoms with Gasteiger partial charge < -0.3 is 10.1 Å². The summed E-state index contributed by atoms with van der Waals surface area (Å²) < 4.78 is 19.5. The van der Waals surface area contributed by atoms with Crippen molar-refractivity contribution in [2.45, 2.75) is 10.1 Å². The third-order valence-corrected chi connectivity index (χ3v) is 6.57. The Morgan fingerprint density at radius 2 is 1.97 bits per heavy atom. The first-order valence-electron chi connectivity index (χ1n) is 9.17. The van der Waals surface area contributed by atoms with Crippen molar-refractivity contribution in [1.29, 1.82) is 0 Å². The summed E-state index contributed by atoms with van der Waals surface area (Å²) in [5.74, 6) is 0.0830. The van der Waals surface area contributed by atoms with E-state index < -0.39 is 5.82 Å². The van der Waals surface area contributed by atoms with E-state index in [1.807, 2.05) is 12.1 Å². The van der Waals surface area contributed by atoms with E-state index in [9.17, 15) is 9.18 Å². The van der Waals surface area contributed by atoms with Gasteiger partial charge in [-0.1, -0.05) is 65.6 Å². The predicted octanol–water partition coefficient (Wildman–Crippen LogP) is 5.43. The van der Waals surface area contributed by atoms with Gasteiger partial charge in [-0.05, 0) is 34.5 Å². The van der Waals surface area contributed by atoms with Gasteiger partial charge in [-0.25, -0.2) is 4.39 Å². The number of nitrogens with one attached hydrogen (secondary N) is 1. The van der Waals surface area contributed by atoms with Gasteiger partial charge in [-0.3, -0.25) is 4.79 Å². The molecule has 0 atom stereocenters. The summed E-state index contributed by atoms with van der Waals surface area (Å²) in [4.78, 5) is 12.3. The van der Waals surface area contributed by atoms with E-state index in [-0.39, 0.29) is 23.6 Å². The summed E-state index contributed by atoms with van der Waals surface area (Å²) >= 11 is 2.99. The molecule has 1 N–H and O–H groups in total. The largest absolute Gasteiger partial charge is 0.494 e. The Kier molecular flexibility index (Phi) is 6.25. The zero-order chi connectivity index (χ0) is 20.9. The fourth-order valence-electron chi connectivity index (χ4n) is 3.00. The maximum absolute atomic E-state index is 13.8. The van der Waals surface area contributed by atoms with Crippen LogP contribution in [0.1, 0.15) is 15.9 Å². The van der Waals surface area contributed by atoms with Crippen molar-refractivity contribution >= 4 is 44.8 Å². The molecule has 0 bridgehead atoms. The van der Waals surface area contributed by atoms with Gasteiger partial charge in [0.05, 0.1) is 13.7 Å². The van der Waals surface area contributed by atoms with Gasteiger partial charge in [0.2, 0.25) is 5.13 Å². The van der Waals surface area contributed by atoms with Crippen LogP contribution in [0.3, 0.4) is 0 Å². The molecule has 0 saturated carbocycles. The highest BCUT2D eigenvalue weighted by Crippen LogP contribution is 2.30. The van der Waals surface area contributed by atoms with E-state index in [1.165, 1.54) is 53.0 Å². The summed E-state index contributed by atoms with van der Waals surface area (Å²) in [5.41, 5.74) is 1.51. The van der Waals surface area contributed by atoms with Gasteiger partial charge in [-0.15, -0.1) is 10.2 Å². The molecule has 0 aliphatic rings. The molecule has 0 saturated heterocycles. The number of hydrogen-bond donors (Lipinski definition) is 1. The van der Waals surface area contributed by atoms with Crippen LogP contribution >= 0.6 is 23.1 Å². The minimum atomic E-state index is -0.564. The number of carbonyl (C=O) groups is 1. The monoisotopic (exact) mass is 439 g/mol. The van der Waals surface area contributed by atoms with Gasteiger partial charge in [0.25, 0.3) is 0 Å². The number of hydrogen-bond acceptors (Lipinski definition) is 7. The van der Waals surface area contributed by atoms with E-state index in [2.05, 4.69) is 45.8 Å². The summed E-state index contributed by atoms with van der Waals surface area (Å²) in [7, 11) is 1.38. The fraction of sp³-hybridized carbons (Fsp3) is 0.136. The number of Topliss-reactive ketones (excluding diaryl/α,β-unsaturated/α-hetero) is 1. The topological polar surface area (TPSA) is 64.1 Å². The molecular weight excluding hydrogens is 421 g/mol. The molecule has 0 fully saturated rings. The van der Waals surface area contributed by atoms with Crippen LogP contribution in [0.4, 0.5) is 9.52 Å². The van der Waals surface area contributed by atoms with E-state index in [0.717, 1.165) is 10.1 Å². The molecular formula is C22H18FN3O2S2. The summed E-state index contributed by atoms with van der Waals surface area (Å²) in [6.07, 6.45) is 0. The zero-order valence-corrected chi connectivity index (χ0v) is 17.7. The molecule has 0 unspecified atom stereocenters. The van der Waals surface area contributed by atoms with Crippen molar-refractivity contribution in [2.24, 2.45) is 0 Å². The number of nitrogens with zero attached hydrogens (tertiary/aromatic N) is 2. The second-order valence-corrected chi connectivity index (χ2v) is 8.63. The van der Waals surface area contributed by atoms with Crippen molar-refractivity contribution in [1.82, 2.24) is 10.2 Å². The molecule has 30 heavy (non-hydrogen) atoms. The maximum atomic E-state index is 13.8. The van der Waals surface area contributed by atoms with Gasteiger partial charge in [0.1, 0.15) is 0 Å². The third kappa shape index (κ3) is 4.60. The predicted molar refractivity (Wildman–Crippen MR) is 119 cm³/mol. The van der Waals surface area contributed by atoms with Crippen LogP contribution in [0.25, 0.3) is 10.8 Å². The van der Waals surface area contributed by atoms with Crippen molar-refractivity contribution in [3.05, 3.63) is 77.6 Å². The van der Waals surface area contributed by atoms with Crippen LogP contribution in [0.2, 0.25) is 0 Å². The highest BCUT2D eigenvalue weighted by atomic mass is 32.2. The molecule has 0 amide bonds. The average Bonchev–Trinajstić information content (AvgIpc) is 3.23. The maximum Gasteiger partial charge on any atom is 0.206 e. The number of rotatable bonds is 8. The van der Waals surface area contributed by atoms with Crippen LogP contribution in [-0.4, -0.2) is 29.6 Å². The molecule has 152 valence electrons. The Balaban J connectivity index is 1.35. The minimum absolute atomic E-state index is 0.00833. The number of benzene rings is 3. The summed E-state index contributed by atoms with van der Waals surface area (Å²) in [6.45, 7) is 0.00833. The highest BCUT2D eigenvalue weighted by Gasteiger charge is 2.12. The van der Waals surface area contributed by atoms with E-state index in [4.69, 9.17) is 4.74 Å². The number of fused-ring (bicyclic) bond motifs is 1. The standard InChI is InChI=1S/C22H18FN3O2S2/c1-28-20-10-9-15(11-18(20)23)19(27)12-24-21-25-26-22(30-21)29-13-16-7-4-6-14-5-2-3-8-17(14)16/h2-11H,12-13H2,1H3,(H,24,25). The van der Waals surface area contributed by atoms with E-state index in [1.54, 1.807) is 11.8 Å². The molecule has 0 aliphatic carbocycles. The second kappa shape index (κ2) is 9.23. The number of carbonyl (C=O) groups excluding carboxylic acids is 1. The molecule has 3 aromatic carbocycles. The highest BCUT2D eigenvalue weighted by molar-refractivity contribution is 8.00. The van der Waals surface area contributed by atoms with Crippen LogP contribution in [0, 0.1) is 5.82 Å². The van der Waals surface area contributed by atoms with Gasteiger partial charge in [-0.2, -0.15) is 0 Å². The van der Waals surface area contributed by atoms with Crippen molar-refractivity contribution in [3.8, 4) is 5.75 Å². The molecule has 4 rings (SSSR count). The average molecular weight is 440 g/mol. The van der Waals surface area contributed by atoms with Crippen molar-refractivity contribution in [3.63, 3.8) is 0 Å². The molecule has 0 aliphatic heterocycles. The van der Waals surface area contributed by atoms with Crippen molar-refractivity contribution < 1.29 is 13.9 Å². The van der Waals surface area contributed by atoms with E-state index in [0.29, 0.717) is 5.13 Å². The number of ketones is 1. The van der Waals surface area contributed by atoms with Crippen LogP contribution in [0.15, 0.2) is 65.0 Å². The molecule has 0 spiro atoms. The van der Waals surface area contributed by atoms with Gasteiger partial charge in [0, 0.05) is 11.3 Å². The summed E-state index contributed by atoms with van der Waals surface area (Å²) in [5, 5.41) is 14.2. The molecule has 4 aromatic rings. The number of halogens is 1. The number of methoxy groups -OCH3 is 1. The molecule has 8 heteroatoms. The van der Waals surface area contributed by atoms with Crippen LogP contribution in [-0.2, 0) is 5.75 Å². The number of aromatic nitrogens is 2. The molecule has 1 heterocycles. The third-order valence-electron chi connectivity index (χ3n) is 4.51. The van der Waals surface area contributed by atoms with Gasteiger partial charge >= 0.3 is 0 Å². The Morgan fingerprint density at radius 1 is 1.13 bits per heavy atom. The number of anilines is 1. The smallest absolute Gasteiger partial charge is 0.206 e. The lowest BCUT2D eigenvalue weighted by Crippen LogP contribution is -2.14. The molecule has 0 radical (unpaired) electrons. The quantitative estimate of drug-likeness (QED) is 0.292. The number of ether oxygens (including phenoxy) is 1. The number of thioether (sulfide) groups is 1. The minimum Gasteiger partial charge on any atom is -0.494 e.